The third-order valence-electron chi connectivity index (χ3n) is 5.39. The van der Waals surface area contributed by atoms with Crippen LogP contribution in [-0.4, -0.2) is 51.4 Å². The van der Waals surface area contributed by atoms with Crippen LogP contribution >= 0.6 is 0 Å². The Morgan fingerprint density at radius 3 is 2.25 bits per heavy atom. The first-order valence-electron chi connectivity index (χ1n) is 11.8. The third kappa shape index (κ3) is 7.76. The Bertz CT molecular complexity index is 1250. The van der Waals surface area contributed by atoms with Crippen LogP contribution in [0.1, 0.15) is 26.7 Å². The molecule has 192 valence electrons. The van der Waals surface area contributed by atoms with Crippen molar-refractivity contribution in [2.24, 2.45) is 0 Å². The molecule has 0 spiro atoms. The molecule has 0 aliphatic rings. The number of benzene rings is 2. The monoisotopic (exact) mass is 512 g/mol. The number of carbonyl (C=O) groups excluding carboxylic acids is 1. The van der Waals surface area contributed by atoms with Crippen LogP contribution < -0.4 is 14.4 Å². The van der Waals surface area contributed by atoms with Crippen LogP contribution in [0.2, 0.25) is 0 Å². The molecule has 0 saturated carbocycles. The highest BCUT2D eigenvalue weighted by atomic mass is 32.2. The summed E-state index contributed by atoms with van der Waals surface area (Å²) in [4.78, 5) is 18.5. The maximum Gasteiger partial charge on any atom is 0.259 e. The Balaban J connectivity index is 1.75. The van der Waals surface area contributed by atoms with Crippen molar-refractivity contribution in [2.45, 2.75) is 32.7 Å². The zero-order chi connectivity index (χ0) is 26.1. The summed E-state index contributed by atoms with van der Waals surface area (Å²) >= 11 is 0. The lowest BCUT2D eigenvalue weighted by Crippen LogP contribution is -2.37. The van der Waals surface area contributed by atoms with Crippen LogP contribution in [0.3, 0.4) is 0 Å². The SMILES string of the molecule is CC(C)N(CCCCOCC(=O)NS(C)(=O)=O)c1c[n+]([O-])c(-c2ccccc2)c(-c2ccccc2)n1. The lowest BCUT2D eigenvalue weighted by molar-refractivity contribution is -0.593. The Morgan fingerprint density at radius 1 is 1.06 bits per heavy atom. The van der Waals surface area contributed by atoms with Crippen molar-refractivity contribution >= 4 is 21.7 Å². The molecule has 1 amide bonds. The number of amides is 1. The number of rotatable bonds is 12. The van der Waals surface area contributed by atoms with Gasteiger partial charge < -0.3 is 14.8 Å². The normalized spacial score (nSPS) is 11.4. The average molecular weight is 513 g/mol. The molecule has 0 saturated heterocycles. The molecule has 9 nitrogen and oxygen atoms in total. The lowest BCUT2D eigenvalue weighted by Gasteiger charge is -2.28. The molecular formula is C26H32N4O5S. The number of anilines is 1. The molecule has 3 aromatic rings. The molecule has 2 aromatic carbocycles. The van der Waals surface area contributed by atoms with Crippen LogP contribution in [0, 0.1) is 5.21 Å². The van der Waals surface area contributed by atoms with E-state index >= 15 is 0 Å². The van der Waals surface area contributed by atoms with E-state index in [0.29, 0.717) is 36.8 Å². The van der Waals surface area contributed by atoms with Crippen LogP contribution in [0.5, 0.6) is 0 Å². The Kier molecular flexibility index (Phi) is 9.38. The summed E-state index contributed by atoms with van der Waals surface area (Å²) in [5.41, 5.74) is 2.75. The first-order chi connectivity index (χ1) is 17.2. The molecule has 0 fully saturated rings. The fourth-order valence-corrected chi connectivity index (χ4v) is 4.26. The molecule has 1 N–H and O–H groups in total. The van der Waals surface area contributed by atoms with Crippen molar-refractivity contribution in [1.29, 1.82) is 0 Å². The van der Waals surface area contributed by atoms with Crippen LogP contribution in [0.4, 0.5) is 5.82 Å². The van der Waals surface area contributed by atoms with E-state index in [1.54, 1.807) is 0 Å². The Morgan fingerprint density at radius 2 is 1.67 bits per heavy atom. The van der Waals surface area contributed by atoms with Gasteiger partial charge in [-0.3, -0.25) is 9.52 Å². The second-order valence-electron chi connectivity index (χ2n) is 8.70. The van der Waals surface area contributed by atoms with Gasteiger partial charge in [-0.2, -0.15) is 4.73 Å². The highest BCUT2D eigenvalue weighted by molar-refractivity contribution is 7.89. The minimum atomic E-state index is -3.59. The number of hydrogen-bond acceptors (Lipinski definition) is 7. The van der Waals surface area contributed by atoms with Crippen molar-refractivity contribution < 1.29 is 22.7 Å². The Hall–Kier alpha value is -3.50. The molecule has 0 aliphatic heterocycles. The molecule has 1 aromatic heterocycles. The standard InChI is InChI=1S/C26H32N4O5S/c1-20(2)29(16-10-11-17-35-19-24(31)28-36(3,33)34)23-18-30(32)26(22-14-8-5-9-15-22)25(27-23)21-12-6-4-7-13-21/h4-9,12-15,18,20H,10-11,16-17,19H2,1-3H3,(H,28,31). The van der Waals surface area contributed by atoms with E-state index in [0.717, 1.165) is 28.5 Å². The maximum atomic E-state index is 13.3. The van der Waals surface area contributed by atoms with Gasteiger partial charge in [-0.15, -0.1) is 0 Å². The molecule has 0 atom stereocenters. The van der Waals surface area contributed by atoms with Crippen molar-refractivity contribution in [3.05, 3.63) is 72.1 Å². The first kappa shape index (κ1) is 27.1. The minimum Gasteiger partial charge on any atom is -0.618 e. The molecule has 0 aliphatic carbocycles. The third-order valence-corrected chi connectivity index (χ3v) is 5.98. The van der Waals surface area contributed by atoms with Gasteiger partial charge in [-0.25, -0.2) is 13.4 Å². The highest BCUT2D eigenvalue weighted by Crippen LogP contribution is 2.30. The molecule has 0 radical (unpaired) electrons. The van der Waals surface area contributed by atoms with E-state index in [4.69, 9.17) is 9.72 Å². The van der Waals surface area contributed by atoms with Gasteiger partial charge in [0.05, 0.1) is 6.26 Å². The van der Waals surface area contributed by atoms with Gasteiger partial charge in [0.1, 0.15) is 12.3 Å². The number of aromatic nitrogens is 2. The quantitative estimate of drug-likeness (QED) is 0.225. The number of nitrogens with zero attached hydrogens (tertiary/aromatic N) is 3. The van der Waals surface area contributed by atoms with Crippen molar-refractivity contribution in [2.75, 3.05) is 30.9 Å². The summed E-state index contributed by atoms with van der Waals surface area (Å²) < 4.78 is 30.2. The predicted octanol–water partition coefficient (Wildman–Crippen LogP) is 3.14. The number of ether oxygens (including phenoxy) is 1. The highest BCUT2D eigenvalue weighted by Gasteiger charge is 2.23. The lowest BCUT2D eigenvalue weighted by atomic mass is 10.0. The van der Waals surface area contributed by atoms with Gasteiger partial charge in [0.25, 0.3) is 5.91 Å². The molecule has 0 bridgehead atoms. The Labute approximate surface area is 212 Å². The summed E-state index contributed by atoms with van der Waals surface area (Å²) in [7, 11) is -3.59. The number of hydrogen-bond donors (Lipinski definition) is 1. The average Bonchev–Trinajstić information content (AvgIpc) is 2.83. The van der Waals surface area contributed by atoms with Gasteiger partial charge in [0.15, 0.2) is 5.82 Å². The van der Waals surface area contributed by atoms with Crippen molar-refractivity contribution in [1.82, 2.24) is 9.71 Å². The van der Waals surface area contributed by atoms with Gasteiger partial charge in [0, 0.05) is 30.3 Å². The van der Waals surface area contributed by atoms with Gasteiger partial charge in [0.2, 0.25) is 21.9 Å². The zero-order valence-corrected chi connectivity index (χ0v) is 21.6. The van der Waals surface area contributed by atoms with E-state index in [1.165, 1.54) is 6.20 Å². The zero-order valence-electron chi connectivity index (χ0n) is 20.8. The maximum absolute atomic E-state index is 13.3. The van der Waals surface area contributed by atoms with Crippen LogP contribution in [0.15, 0.2) is 66.9 Å². The fourth-order valence-electron chi connectivity index (χ4n) is 3.79. The fraction of sp³-hybridized carbons (Fsp3) is 0.346. The molecule has 0 unspecified atom stereocenters. The van der Waals surface area contributed by atoms with Crippen molar-refractivity contribution in [3.63, 3.8) is 0 Å². The summed E-state index contributed by atoms with van der Waals surface area (Å²) in [5.74, 6) is -0.121. The predicted molar refractivity (Wildman–Crippen MR) is 140 cm³/mol. The second-order valence-corrected chi connectivity index (χ2v) is 10.4. The van der Waals surface area contributed by atoms with E-state index in [9.17, 15) is 18.4 Å². The first-order valence-corrected chi connectivity index (χ1v) is 13.6. The van der Waals surface area contributed by atoms with E-state index < -0.39 is 15.9 Å². The number of carbonyl (C=O) groups is 1. The molecular weight excluding hydrogens is 480 g/mol. The summed E-state index contributed by atoms with van der Waals surface area (Å²) in [6.07, 6.45) is 3.81. The smallest absolute Gasteiger partial charge is 0.259 e. The van der Waals surface area contributed by atoms with Gasteiger partial charge >= 0.3 is 0 Å². The van der Waals surface area contributed by atoms with Gasteiger partial charge in [-0.05, 0) is 38.8 Å². The second kappa shape index (κ2) is 12.5. The number of sulfonamides is 1. The van der Waals surface area contributed by atoms with E-state index in [2.05, 4.69) is 4.90 Å². The van der Waals surface area contributed by atoms with E-state index in [1.807, 2.05) is 79.2 Å². The van der Waals surface area contributed by atoms with Crippen LogP contribution in [-0.2, 0) is 19.6 Å². The number of unbranched alkanes of at least 4 members (excludes halogenated alkanes) is 1. The van der Waals surface area contributed by atoms with Crippen molar-refractivity contribution in [3.8, 4) is 22.5 Å². The van der Waals surface area contributed by atoms with E-state index in [-0.39, 0.29) is 12.6 Å². The molecule has 10 heteroatoms. The van der Waals surface area contributed by atoms with Crippen LogP contribution in [0.25, 0.3) is 22.5 Å². The largest absolute Gasteiger partial charge is 0.618 e. The number of nitrogens with one attached hydrogen (secondary N) is 1. The summed E-state index contributed by atoms with van der Waals surface area (Å²) in [6, 6.07) is 19.2. The van der Waals surface area contributed by atoms with Gasteiger partial charge in [-0.1, -0.05) is 48.5 Å². The molecule has 3 rings (SSSR count). The minimum absolute atomic E-state index is 0.0881. The summed E-state index contributed by atoms with van der Waals surface area (Å²) in [6.45, 7) is 4.69. The topological polar surface area (TPSA) is 116 Å². The molecule has 36 heavy (non-hydrogen) atoms. The summed E-state index contributed by atoms with van der Waals surface area (Å²) in [5, 5.41) is 13.3. The molecule has 1 heterocycles.